The second kappa shape index (κ2) is 7.00. The summed E-state index contributed by atoms with van der Waals surface area (Å²) < 4.78 is 45.6. The predicted molar refractivity (Wildman–Crippen MR) is 104 cm³/mol. The number of alkyl halides is 3. The zero-order valence-electron chi connectivity index (χ0n) is 15.2. The van der Waals surface area contributed by atoms with Crippen LogP contribution >= 0.6 is 23.5 Å². The van der Waals surface area contributed by atoms with Crippen molar-refractivity contribution in [3.8, 4) is 11.5 Å². The molecule has 0 atom stereocenters. The molecule has 0 aliphatic heterocycles. The van der Waals surface area contributed by atoms with Gasteiger partial charge in [0, 0.05) is 16.3 Å². The van der Waals surface area contributed by atoms with E-state index in [2.05, 4.69) is 15.1 Å². The molecule has 4 aromatic rings. The van der Waals surface area contributed by atoms with E-state index in [0.29, 0.717) is 28.2 Å². The molecular weight excluding hydrogens is 409 g/mol. The first-order valence-electron chi connectivity index (χ1n) is 8.41. The fourth-order valence-corrected chi connectivity index (χ4v) is 4.25. The summed E-state index contributed by atoms with van der Waals surface area (Å²) in [6.07, 6.45) is 0. The third-order valence-corrected chi connectivity index (χ3v) is 5.52. The molecule has 0 spiro atoms. The van der Waals surface area contributed by atoms with Gasteiger partial charge in [-0.2, -0.15) is 18.3 Å². The van der Waals surface area contributed by atoms with Gasteiger partial charge in [0.2, 0.25) is 5.89 Å². The summed E-state index contributed by atoms with van der Waals surface area (Å²) in [5.41, 5.74) is -0.555. The Bertz CT molecular complexity index is 1180. The highest BCUT2D eigenvalue weighted by atomic mass is 32.2. The van der Waals surface area contributed by atoms with Crippen molar-refractivity contribution in [2.75, 3.05) is 5.75 Å². The molecule has 3 heterocycles. The highest BCUT2D eigenvalue weighted by Crippen LogP contribution is 2.39. The van der Waals surface area contributed by atoms with Crippen molar-refractivity contribution >= 4 is 40.3 Å². The second-order valence-electron chi connectivity index (χ2n) is 6.08. The summed E-state index contributed by atoms with van der Waals surface area (Å²) in [6.45, 7) is 5.84. The number of aromatic nitrogens is 4. The molecule has 1 aromatic carbocycles. The quantitative estimate of drug-likeness (QED) is 0.382. The van der Waals surface area contributed by atoms with Crippen molar-refractivity contribution < 1.29 is 17.6 Å². The van der Waals surface area contributed by atoms with Crippen molar-refractivity contribution in [3.63, 3.8) is 0 Å². The van der Waals surface area contributed by atoms with Crippen LogP contribution in [0.2, 0.25) is 0 Å². The van der Waals surface area contributed by atoms with Gasteiger partial charge < -0.3 is 4.42 Å². The molecule has 0 aliphatic rings. The largest absolute Gasteiger partial charge is 0.446 e. The molecule has 0 unspecified atom stereocenters. The van der Waals surface area contributed by atoms with Gasteiger partial charge in [-0.05, 0) is 55.6 Å². The molecule has 0 amide bonds. The Morgan fingerprint density at radius 2 is 1.93 bits per heavy atom. The van der Waals surface area contributed by atoms with Crippen molar-refractivity contribution in [2.45, 2.75) is 36.2 Å². The molecule has 0 saturated heterocycles. The molecule has 28 heavy (non-hydrogen) atoms. The van der Waals surface area contributed by atoms with Crippen LogP contribution in [0, 0.1) is 13.8 Å². The minimum absolute atomic E-state index is 0.0627. The first-order chi connectivity index (χ1) is 13.2. The smallest absolute Gasteiger partial charge is 0.436 e. The van der Waals surface area contributed by atoms with E-state index < -0.39 is 5.51 Å². The number of rotatable bonds is 4. The maximum absolute atomic E-state index is 12.7. The summed E-state index contributed by atoms with van der Waals surface area (Å²) in [6, 6.07) is 6.18. The Morgan fingerprint density at radius 1 is 1.14 bits per heavy atom. The fraction of sp³-hybridized carbons (Fsp3) is 0.278. The third-order valence-electron chi connectivity index (χ3n) is 3.95. The molecular formula is C18H15F3N4OS2. The summed E-state index contributed by atoms with van der Waals surface area (Å²) in [7, 11) is 0. The summed E-state index contributed by atoms with van der Waals surface area (Å²) in [5, 5.41) is 5.34. The van der Waals surface area contributed by atoms with E-state index in [9.17, 15) is 13.2 Å². The molecule has 0 bridgehead atoms. The zero-order valence-corrected chi connectivity index (χ0v) is 16.8. The van der Waals surface area contributed by atoms with Crippen LogP contribution in [0.1, 0.15) is 18.3 Å². The van der Waals surface area contributed by atoms with Crippen molar-refractivity contribution in [1.29, 1.82) is 0 Å². The Kier molecular flexibility index (Phi) is 4.78. The van der Waals surface area contributed by atoms with E-state index in [0.717, 1.165) is 22.2 Å². The molecule has 0 N–H and O–H groups in total. The fourth-order valence-electron chi connectivity index (χ4n) is 2.94. The van der Waals surface area contributed by atoms with Gasteiger partial charge in [-0.15, -0.1) is 11.8 Å². The maximum Gasteiger partial charge on any atom is 0.446 e. The number of halogens is 3. The molecule has 0 fully saturated rings. The van der Waals surface area contributed by atoms with Crippen LogP contribution in [-0.2, 0) is 0 Å². The second-order valence-corrected chi connectivity index (χ2v) is 8.47. The van der Waals surface area contributed by atoms with E-state index in [-0.39, 0.29) is 16.7 Å². The molecule has 10 heteroatoms. The van der Waals surface area contributed by atoms with Crippen LogP contribution in [0.5, 0.6) is 0 Å². The van der Waals surface area contributed by atoms with Gasteiger partial charge in [-0.3, -0.25) is 0 Å². The number of benzene rings is 1. The average Bonchev–Trinajstić information content (AvgIpc) is 3.14. The van der Waals surface area contributed by atoms with Gasteiger partial charge in [0.1, 0.15) is 16.1 Å². The zero-order chi connectivity index (χ0) is 20.1. The monoisotopic (exact) mass is 424 g/mol. The Hall–Kier alpha value is -2.20. The SMILES string of the molecule is CCSc1nn2c(C)cc(C)nc2c1-c1nc2cc(SC(F)(F)F)ccc2o1. The summed E-state index contributed by atoms with van der Waals surface area (Å²) in [4.78, 5) is 9.09. The van der Waals surface area contributed by atoms with E-state index in [1.165, 1.54) is 30.0 Å². The molecule has 4 rings (SSSR count). The lowest BCUT2D eigenvalue weighted by Gasteiger charge is -2.04. The Labute approximate surface area is 166 Å². The van der Waals surface area contributed by atoms with Crippen molar-refractivity contribution in [3.05, 3.63) is 35.7 Å². The number of nitrogens with zero attached hydrogens (tertiary/aromatic N) is 4. The minimum atomic E-state index is -4.35. The third kappa shape index (κ3) is 3.58. The normalized spacial score (nSPS) is 12.4. The number of hydrogen-bond donors (Lipinski definition) is 0. The van der Waals surface area contributed by atoms with Crippen LogP contribution in [0.25, 0.3) is 28.2 Å². The lowest BCUT2D eigenvalue weighted by Crippen LogP contribution is -1.98. The average molecular weight is 424 g/mol. The van der Waals surface area contributed by atoms with Gasteiger partial charge in [-0.25, -0.2) is 14.5 Å². The van der Waals surface area contributed by atoms with Gasteiger partial charge in [0.15, 0.2) is 11.2 Å². The van der Waals surface area contributed by atoms with Crippen molar-refractivity contribution in [2.24, 2.45) is 0 Å². The van der Waals surface area contributed by atoms with Crippen LogP contribution < -0.4 is 0 Å². The molecule has 5 nitrogen and oxygen atoms in total. The number of oxazole rings is 1. The molecule has 0 aliphatic carbocycles. The van der Waals surface area contributed by atoms with Gasteiger partial charge in [0.05, 0.1) is 0 Å². The lowest BCUT2D eigenvalue weighted by atomic mass is 10.3. The summed E-state index contributed by atoms with van der Waals surface area (Å²) >= 11 is 1.36. The van der Waals surface area contributed by atoms with E-state index in [1.54, 1.807) is 4.52 Å². The molecule has 0 saturated carbocycles. The highest BCUT2D eigenvalue weighted by Gasteiger charge is 2.29. The maximum atomic E-state index is 12.7. The number of hydrogen-bond acceptors (Lipinski definition) is 6. The minimum Gasteiger partial charge on any atom is -0.436 e. The number of aryl methyl sites for hydroxylation is 2. The topological polar surface area (TPSA) is 56.2 Å². The molecule has 3 aromatic heterocycles. The van der Waals surface area contributed by atoms with Gasteiger partial charge >= 0.3 is 5.51 Å². The van der Waals surface area contributed by atoms with Gasteiger partial charge in [-0.1, -0.05) is 6.92 Å². The van der Waals surface area contributed by atoms with Crippen LogP contribution in [-0.4, -0.2) is 30.8 Å². The molecule has 0 radical (unpaired) electrons. The standard InChI is InChI=1S/C18H15F3N4OS2/c1-4-27-17-14(15-22-9(2)7-10(3)25(15)24-17)16-23-12-8-11(28-18(19,20)21)5-6-13(12)26-16/h5-8H,4H2,1-3H3. The Morgan fingerprint density at radius 3 is 2.64 bits per heavy atom. The van der Waals surface area contributed by atoms with Gasteiger partial charge in [0.25, 0.3) is 0 Å². The molecule has 146 valence electrons. The van der Waals surface area contributed by atoms with Crippen LogP contribution in [0.15, 0.2) is 38.6 Å². The predicted octanol–water partition coefficient (Wildman–Crippen LogP) is 5.88. The number of thioether (sulfide) groups is 2. The lowest BCUT2D eigenvalue weighted by molar-refractivity contribution is -0.0328. The number of fused-ring (bicyclic) bond motifs is 2. The van der Waals surface area contributed by atoms with E-state index in [4.69, 9.17) is 4.42 Å². The van der Waals surface area contributed by atoms with Crippen LogP contribution in [0.4, 0.5) is 13.2 Å². The highest BCUT2D eigenvalue weighted by molar-refractivity contribution is 8.00. The first kappa shape index (κ1) is 19.1. The van der Waals surface area contributed by atoms with E-state index in [1.807, 2.05) is 26.8 Å². The van der Waals surface area contributed by atoms with Crippen LogP contribution in [0.3, 0.4) is 0 Å². The van der Waals surface area contributed by atoms with E-state index >= 15 is 0 Å². The first-order valence-corrected chi connectivity index (χ1v) is 10.2. The Balaban J connectivity index is 1.89. The van der Waals surface area contributed by atoms with Crippen molar-refractivity contribution in [1.82, 2.24) is 19.6 Å². The summed E-state index contributed by atoms with van der Waals surface area (Å²) in [5.74, 6) is 1.09.